The van der Waals surface area contributed by atoms with E-state index in [0.29, 0.717) is 29.2 Å². The van der Waals surface area contributed by atoms with Crippen molar-refractivity contribution in [2.75, 3.05) is 11.9 Å². The minimum absolute atomic E-state index is 0.232. The fraction of sp³-hybridized carbons (Fsp3) is 0.150. The Kier molecular flexibility index (Phi) is 5.81. The molecule has 0 bridgehead atoms. The normalized spacial score (nSPS) is 10.5. The summed E-state index contributed by atoms with van der Waals surface area (Å²) < 4.78 is 0. The van der Waals surface area contributed by atoms with Gasteiger partial charge in [-0.2, -0.15) is 0 Å². The molecule has 2 N–H and O–H groups in total. The van der Waals surface area contributed by atoms with Gasteiger partial charge in [0, 0.05) is 23.2 Å². The molecule has 0 unspecified atom stereocenters. The van der Waals surface area contributed by atoms with Crippen LogP contribution in [0.2, 0.25) is 5.02 Å². The fourth-order valence-corrected chi connectivity index (χ4v) is 2.73. The average molecular weight is 368 g/mol. The third-order valence-corrected chi connectivity index (χ3v) is 4.13. The second-order valence-corrected chi connectivity index (χ2v) is 6.27. The van der Waals surface area contributed by atoms with Gasteiger partial charge in [-0.15, -0.1) is 0 Å². The monoisotopic (exact) mass is 367 g/mol. The SMILES string of the molecule is O=C(CC(=O)Nc1cccc2cccnc12)NCCc1ccc(Cl)cc1. The molecule has 0 aliphatic carbocycles. The van der Waals surface area contributed by atoms with Crippen molar-refractivity contribution < 1.29 is 9.59 Å². The summed E-state index contributed by atoms with van der Waals surface area (Å²) in [7, 11) is 0. The van der Waals surface area contributed by atoms with Gasteiger partial charge >= 0.3 is 0 Å². The highest BCUT2D eigenvalue weighted by molar-refractivity contribution is 6.30. The first-order chi connectivity index (χ1) is 12.6. The maximum Gasteiger partial charge on any atom is 0.233 e. The van der Waals surface area contributed by atoms with Crippen LogP contribution in [0.5, 0.6) is 0 Å². The number of fused-ring (bicyclic) bond motifs is 1. The van der Waals surface area contributed by atoms with Crippen molar-refractivity contribution in [1.82, 2.24) is 10.3 Å². The summed E-state index contributed by atoms with van der Waals surface area (Å²) in [5.41, 5.74) is 2.37. The fourth-order valence-electron chi connectivity index (χ4n) is 2.61. The van der Waals surface area contributed by atoms with Crippen molar-refractivity contribution in [3.8, 4) is 0 Å². The molecule has 0 saturated carbocycles. The standard InChI is InChI=1S/C20H18ClN3O2/c21-16-8-6-14(7-9-16)10-12-22-18(25)13-19(26)24-17-5-1-3-15-4-2-11-23-20(15)17/h1-9,11H,10,12-13H2,(H,22,25)(H,24,26). The van der Waals surface area contributed by atoms with E-state index in [-0.39, 0.29) is 18.2 Å². The molecule has 0 fully saturated rings. The Morgan fingerprint density at radius 3 is 2.54 bits per heavy atom. The summed E-state index contributed by atoms with van der Waals surface area (Å²) in [6.07, 6.45) is 2.11. The quantitative estimate of drug-likeness (QED) is 0.654. The number of nitrogens with zero attached hydrogens (tertiary/aromatic N) is 1. The van der Waals surface area contributed by atoms with Crippen molar-refractivity contribution in [2.24, 2.45) is 0 Å². The Balaban J connectivity index is 1.49. The van der Waals surface area contributed by atoms with E-state index in [2.05, 4.69) is 15.6 Å². The van der Waals surface area contributed by atoms with Gasteiger partial charge in [0.05, 0.1) is 11.2 Å². The molecule has 0 atom stereocenters. The lowest BCUT2D eigenvalue weighted by molar-refractivity contribution is -0.126. The second kappa shape index (κ2) is 8.45. The smallest absolute Gasteiger partial charge is 0.233 e. The Morgan fingerprint density at radius 1 is 0.962 bits per heavy atom. The molecule has 0 spiro atoms. The topological polar surface area (TPSA) is 71.1 Å². The van der Waals surface area contributed by atoms with E-state index in [1.165, 1.54) is 0 Å². The molecule has 132 valence electrons. The molecule has 2 amide bonds. The van der Waals surface area contributed by atoms with Crippen LogP contribution < -0.4 is 10.6 Å². The zero-order valence-corrected chi connectivity index (χ0v) is 14.8. The average Bonchev–Trinajstić information content (AvgIpc) is 2.63. The molecule has 2 aromatic carbocycles. The zero-order valence-electron chi connectivity index (χ0n) is 14.0. The molecule has 5 nitrogen and oxygen atoms in total. The molecule has 6 heteroatoms. The Hall–Kier alpha value is -2.92. The number of halogens is 1. The lowest BCUT2D eigenvalue weighted by Crippen LogP contribution is -2.29. The van der Waals surface area contributed by atoms with Crippen molar-refractivity contribution >= 4 is 40.0 Å². The summed E-state index contributed by atoms with van der Waals surface area (Å²) in [5, 5.41) is 7.11. The van der Waals surface area contributed by atoms with Gasteiger partial charge in [-0.3, -0.25) is 14.6 Å². The maximum atomic E-state index is 12.1. The lowest BCUT2D eigenvalue weighted by atomic mass is 10.1. The van der Waals surface area contributed by atoms with Gasteiger partial charge in [-0.1, -0.05) is 41.9 Å². The number of amides is 2. The Morgan fingerprint density at radius 2 is 1.73 bits per heavy atom. The van der Waals surface area contributed by atoms with E-state index in [1.54, 1.807) is 12.3 Å². The summed E-state index contributed by atoms with van der Waals surface area (Å²) in [4.78, 5) is 28.3. The summed E-state index contributed by atoms with van der Waals surface area (Å²) >= 11 is 5.84. The van der Waals surface area contributed by atoms with Gasteiger partial charge in [-0.25, -0.2) is 0 Å². The number of pyridine rings is 1. The molecule has 3 aromatic rings. The van der Waals surface area contributed by atoms with Gasteiger partial charge < -0.3 is 10.6 Å². The van der Waals surface area contributed by atoms with Crippen LogP contribution in [-0.2, 0) is 16.0 Å². The van der Waals surface area contributed by atoms with E-state index in [0.717, 1.165) is 10.9 Å². The van der Waals surface area contributed by atoms with Crippen LogP contribution in [0.4, 0.5) is 5.69 Å². The number of nitrogens with one attached hydrogen (secondary N) is 2. The number of hydrogen-bond acceptors (Lipinski definition) is 3. The predicted molar refractivity (Wildman–Crippen MR) is 103 cm³/mol. The zero-order chi connectivity index (χ0) is 18.4. The van der Waals surface area contributed by atoms with Gasteiger partial charge in [0.2, 0.25) is 11.8 Å². The molecular formula is C20H18ClN3O2. The van der Waals surface area contributed by atoms with Crippen LogP contribution in [0.1, 0.15) is 12.0 Å². The van der Waals surface area contributed by atoms with Gasteiger partial charge in [0.1, 0.15) is 6.42 Å². The van der Waals surface area contributed by atoms with Gasteiger partial charge in [0.15, 0.2) is 0 Å². The van der Waals surface area contributed by atoms with E-state index < -0.39 is 0 Å². The van der Waals surface area contributed by atoms with Gasteiger partial charge in [0.25, 0.3) is 0 Å². The molecule has 0 saturated heterocycles. The molecule has 3 rings (SSSR count). The third-order valence-electron chi connectivity index (χ3n) is 3.88. The van der Waals surface area contributed by atoms with Crippen molar-refractivity contribution in [1.29, 1.82) is 0 Å². The van der Waals surface area contributed by atoms with E-state index in [1.807, 2.05) is 48.5 Å². The number of aromatic nitrogens is 1. The predicted octanol–water partition coefficient (Wildman–Crippen LogP) is 3.58. The molecule has 0 aliphatic heterocycles. The van der Waals surface area contributed by atoms with Crippen molar-refractivity contribution in [3.05, 3.63) is 71.4 Å². The number of para-hydroxylation sites is 1. The number of hydrogen-bond donors (Lipinski definition) is 2. The molecule has 26 heavy (non-hydrogen) atoms. The number of anilines is 1. The highest BCUT2D eigenvalue weighted by Gasteiger charge is 2.11. The molecule has 1 aromatic heterocycles. The van der Waals surface area contributed by atoms with Crippen LogP contribution in [0.15, 0.2) is 60.8 Å². The number of rotatable bonds is 6. The van der Waals surface area contributed by atoms with Crippen LogP contribution in [-0.4, -0.2) is 23.3 Å². The number of benzene rings is 2. The van der Waals surface area contributed by atoms with Crippen LogP contribution in [0.3, 0.4) is 0 Å². The third kappa shape index (κ3) is 4.80. The summed E-state index contributed by atoms with van der Waals surface area (Å²) in [6, 6.07) is 16.7. The minimum atomic E-state index is -0.368. The number of carbonyl (C=O) groups is 2. The molecule has 0 radical (unpaired) electrons. The Bertz CT molecular complexity index is 920. The van der Waals surface area contributed by atoms with Crippen LogP contribution in [0, 0.1) is 0 Å². The molecular weight excluding hydrogens is 350 g/mol. The van der Waals surface area contributed by atoms with Crippen molar-refractivity contribution in [2.45, 2.75) is 12.8 Å². The molecule has 1 heterocycles. The Labute approximate surface area is 156 Å². The van der Waals surface area contributed by atoms with E-state index in [9.17, 15) is 9.59 Å². The van der Waals surface area contributed by atoms with Crippen molar-refractivity contribution in [3.63, 3.8) is 0 Å². The highest BCUT2D eigenvalue weighted by atomic mass is 35.5. The lowest BCUT2D eigenvalue weighted by Gasteiger charge is -2.08. The first-order valence-electron chi connectivity index (χ1n) is 8.26. The summed E-state index contributed by atoms with van der Waals surface area (Å²) in [5.74, 6) is -0.684. The first-order valence-corrected chi connectivity index (χ1v) is 8.64. The van der Waals surface area contributed by atoms with Crippen LogP contribution >= 0.6 is 11.6 Å². The maximum absolute atomic E-state index is 12.1. The van der Waals surface area contributed by atoms with E-state index >= 15 is 0 Å². The largest absolute Gasteiger partial charge is 0.355 e. The van der Waals surface area contributed by atoms with Gasteiger partial charge in [-0.05, 0) is 36.2 Å². The highest BCUT2D eigenvalue weighted by Crippen LogP contribution is 2.20. The minimum Gasteiger partial charge on any atom is -0.355 e. The first kappa shape index (κ1) is 17.9. The summed E-state index contributed by atoms with van der Waals surface area (Å²) in [6.45, 7) is 0.462. The second-order valence-electron chi connectivity index (χ2n) is 5.83. The van der Waals surface area contributed by atoms with Crippen LogP contribution in [0.25, 0.3) is 10.9 Å². The van der Waals surface area contributed by atoms with E-state index in [4.69, 9.17) is 11.6 Å². The molecule has 0 aliphatic rings. The number of carbonyl (C=O) groups excluding carboxylic acids is 2.